The van der Waals surface area contributed by atoms with Gasteiger partial charge in [-0.05, 0) is 26.8 Å². The second kappa shape index (κ2) is 4.83. The maximum atomic E-state index is 4.19. The fourth-order valence-corrected chi connectivity index (χ4v) is 0.968. The normalized spacial score (nSPS) is 12.8. The van der Waals surface area contributed by atoms with Gasteiger partial charge in [0.25, 0.3) is 0 Å². The SMILES string of the molecule is CNC(C)CCc1cnccn1. The molecule has 0 bridgehead atoms. The van der Waals surface area contributed by atoms with Crippen LogP contribution in [0.15, 0.2) is 18.6 Å². The van der Waals surface area contributed by atoms with Crippen LogP contribution in [0.1, 0.15) is 19.0 Å². The van der Waals surface area contributed by atoms with E-state index in [2.05, 4.69) is 22.2 Å². The Hall–Kier alpha value is -0.960. The number of rotatable bonds is 4. The van der Waals surface area contributed by atoms with Crippen molar-refractivity contribution in [2.75, 3.05) is 7.05 Å². The van der Waals surface area contributed by atoms with Crippen LogP contribution in [0, 0.1) is 0 Å². The van der Waals surface area contributed by atoms with Gasteiger partial charge in [0.2, 0.25) is 0 Å². The van der Waals surface area contributed by atoms with Crippen molar-refractivity contribution in [1.29, 1.82) is 0 Å². The van der Waals surface area contributed by atoms with E-state index < -0.39 is 0 Å². The molecular weight excluding hydrogens is 150 g/mol. The Kier molecular flexibility index (Phi) is 3.67. The van der Waals surface area contributed by atoms with E-state index in [9.17, 15) is 0 Å². The minimum absolute atomic E-state index is 0.548. The van der Waals surface area contributed by atoms with Gasteiger partial charge in [-0.15, -0.1) is 0 Å². The molecule has 3 nitrogen and oxygen atoms in total. The Morgan fingerprint density at radius 3 is 2.92 bits per heavy atom. The molecule has 0 amide bonds. The Labute approximate surface area is 73.2 Å². The monoisotopic (exact) mass is 165 g/mol. The van der Waals surface area contributed by atoms with Crippen molar-refractivity contribution in [1.82, 2.24) is 15.3 Å². The molecule has 0 aliphatic carbocycles. The van der Waals surface area contributed by atoms with Crippen molar-refractivity contribution in [2.24, 2.45) is 0 Å². The summed E-state index contributed by atoms with van der Waals surface area (Å²) in [5, 5.41) is 3.19. The van der Waals surface area contributed by atoms with Crippen molar-refractivity contribution in [3.8, 4) is 0 Å². The molecule has 0 saturated carbocycles. The molecule has 0 aliphatic heterocycles. The average Bonchev–Trinajstić information content (AvgIpc) is 2.16. The molecule has 1 heterocycles. The summed E-state index contributed by atoms with van der Waals surface area (Å²) in [5.41, 5.74) is 1.07. The zero-order valence-electron chi connectivity index (χ0n) is 7.62. The van der Waals surface area contributed by atoms with Crippen LogP contribution < -0.4 is 5.32 Å². The van der Waals surface area contributed by atoms with E-state index in [1.807, 2.05) is 13.2 Å². The molecule has 0 radical (unpaired) electrons. The van der Waals surface area contributed by atoms with Crippen molar-refractivity contribution in [2.45, 2.75) is 25.8 Å². The summed E-state index contributed by atoms with van der Waals surface area (Å²) in [6, 6.07) is 0.548. The van der Waals surface area contributed by atoms with Gasteiger partial charge in [0.1, 0.15) is 0 Å². The third-order valence-electron chi connectivity index (χ3n) is 1.94. The second-order valence-electron chi connectivity index (χ2n) is 2.93. The number of aryl methyl sites for hydroxylation is 1. The number of nitrogens with zero attached hydrogens (tertiary/aromatic N) is 2. The lowest BCUT2D eigenvalue weighted by atomic mass is 10.1. The van der Waals surface area contributed by atoms with Gasteiger partial charge in [-0.1, -0.05) is 0 Å². The molecule has 1 atom stereocenters. The standard InChI is InChI=1S/C9H15N3/c1-8(10-2)3-4-9-7-11-5-6-12-9/h5-8,10H,3-4H2,1-2H3. The van der Waals surface area contributed by atoms with Crippen LogP contribution in [-0.2, 0) is 6.42 Å². The molecule has 1 unspecified atom stereocenters. The van der Waals surface area contributed by atoms with Crippen molar-refractivity contribution < 1.29 is 0 Å². The number of hydrogen-bond acceptors (Lipinski definition) is 3. The van der Waals surface area contributed by atoms with Gasteiger partial charge in [0.15, 0.2) is 0 Å². The lowest BCUT2D eigenvalue weighted by Crippen LogP contribution is -2.21. The molecule has 3 heteroatoms. The predicted molar refractivity (Wildman–Crippen MR) is 48.9 cm³/mol. The molecule has 12 heavy (non-hydrogen) atoms. The first-order valence-corrected chi connectivity index (χ1v) is 4.25. The molecule has 0 aliphatic rings. The molecular formula is C9H15N3. The van der Waals surface area contributed by atoms with Crippen molar-refractivity contribution in [3.63, 3.8) is 0 Å². The largest absolute Gasteiger partial charge is 0.317 e. The van der Waals surface area contributed by atoms with E-state index in [0.29, 0.717) is 6.04 Å². The van der Waals surface area contributed by atoms with Gasteiger partial charge < -0.3 is 5.32 Å². The highest BCUT2D eigenvalue weighted by Gasteiger charge is 1.99. The topological polar surface area (TPSA) is 37.8 Å². The maximum Gasteiger partial charge on any atom is 0.0587 e. The number of hydrogen-bond donors (Lipinski definition) is 1. The molecule has 0 aromatic carbocycles. The molecule has 1 N–H and O–H groups in total. The van der Waals surface area contributed by atoms with Gasteiger partial charge in [0, 0.05) is 24.6 Å². The lowest BCUT2D eigenvalue weighted by molar-refractivity contribution is 0.561. The number of aromatic nitrogens is 2. The van der Waals surface area contributed by atoms with E-state index >= 15 is 0 Å². The smallest absolute Gasteiger partial charge is 0.0587 e. The first-order valence-electron chi connectivity index (χ1n) is 4.25. The summed E-state index contributed by atoms with van der Waals surface area (Å²) in [6.45, 7) is 2.16. The summed E-state index contributed by atoms with van der Waals surface area (Å²) >= 11 is 0. The maximum absolute atomic E-state index is 4.19. The predicted octanol–water partition coefficient (Wildman–Crippen LogP) is 1.02. The molecule has 0 saturated heterocycles. The summed E-state index contributed by atoms with van der Waals surface area (Å²) in [5.74, 6) is 0. The third-order valence-corrected chi connectivity index (χ3v) is 1.94. The zero-order chi connectivity index (χ0) is 8.81. The fraction of sp³-hybridized carbons (Fsp3) is 0.556. The van der Waals surface area contributed by atoms with Gasteiger partial charge >= 0.3 is 0 Å². The Morgan fingerprint density at radius 2 is 2.33 bits per heavy atom. The molecule has 0 fully saturated rings. The summed E-state index contributed by atoms with van der Waals surface area (Å²) in [7, 11) is 1.97. The Bertz CT molecular complexity index is 210. The van der Waals surface area contributed by atoms with Gasteiger partial charge in [-0.25, -0.2) is 0 Å². The molecule has 1 aromatic heterocycles. The van der Waals surface area contributed by atoms with Crippen LogP contribution in [0.25, 0.3) is 0 Å². The molecule has 1 aromatic rings. The average molecular weight is 165 g/mol. The van der Waals surface area contributed by atoms with E-state index in [4.69, 9.17) is 0 Å². The van der Waals surface area contributed by atoms with Crippen LogP contribution in [0.4, 0.5) is 0 Å². The van der Waals surface area contributed by atoms with Crippen molar-refractivity contribution in [3.05, 3.63) is 24.3 Å². The van der Waals surface area contributed by atoms with Crippen LogP contribution >= 0.6 is 0 Å². The Morgan fingerprint density at radius 1 is 1.50 bits per heavy atom. The van der Waals surface area contributed by atoms with Crippen LogP contribution in [0.5, 0.6) is 0 Å². The van der Waals surface area contributed by atoms with E-state index in [0.717, 1.165) is 18.5 Å². The van der Waals surface area contributed by atoms with Crippen molar-refractivity contribution >= 4 is 0 Å². The third kappa shape index (κ3) is 2.96. The van der Waals surface area contributed by atoms with E-state index in [-0.39, 0.29) is 0 Å². The molecule has 0 spiro atoms. The van der Waals surface area contributed by atoms with E-state index in [1.54, 1.807) is 12.4 Å². The highest BCUT2D eigenvalue weighted by Crippen LogP contribution is 1.99. The van der Waals surface area contributed by atoms with Gasteiger partial charge in [-0.2, -0.15) is 0 Å². The van der Waals surface area contributed by atoms with E-state index in [1.165, 1.54) is 0 Å². The van der Waals surface area contributed by atoms with Crippen LogP contribution in [0.3, 0.4) is 0 Å². The molecule has 1 rings (SSSR count). The van der Waals surface area contributed by atoms with Gasteiger partial charge in [-0.3, -0.25) is 9.97 Å². The summed E-state index contributed by atoms with van der Waals surface area (Å²) in [6.07, 6.45) is 7.36. The first kappa shape index (κ1) is 9.13. The Balaban J connectivity index is 2.33. The summed E-state index contributed by atoms with van der Waals surface area (Å²) < 4.78 is 0. The zero-order valence-corrected chi connectivity index (χ0v) is 7.62. The fourth-order valence-electron chi connectivity index (χ4n) is 0.968. The highest BCUT2D eigenvalue weighted by atomic mass is 14.8. The van der Waals surface area contributed by atoms with Crippen LogP contribution in [-0.4, -0.2) is 23.1 Å². The quantitative estimate of drug-likeness (QED) is 0.723. The lowest BCUT2D eigenvalue weighted by Gasteiger charge is -2.08. The molecule has 66 valence electrons. The van der Waals surface area contributed by atoms with Crippen LogP contribution in [0.2, 0.25) is 0 Å². The first-order chi connectivity index (χ1) is 5.83. The summed E-state index contributed by atoms with van der Waals surface area (Å²) in [4.78, 5) is 8.20. The highest BCUT2D eigenvalue weighted by molar-refractivity contribution is 4.94. The minimum Gasteiger partial charge on any atom is -0.317 e. The van der Waals surface area contributed by atoms with Gasteiger partial charge in [0.05, 0.1) is 5.69 Å². The second-order valence-corrected chi connectivity index (χ2v) is 2.93. The minimum atomic E-state index is 0.548. The number of nitrogens with one attached hydrogen (secondary N) is 1.